The minimum Gasteiger partial charge on any atom is -0.327 e. The van der Waals surface area contributed by atoms with Crippen molar-refractivity contribution < 1.29 is 4.79 Å². The highest BCUT2D eigenvalue weighted by molar-refractivity contribution is 7.12. The monoisotopic (exact) mass is 323 g/mol. The number of aromatic nitrogens is 1. The van der Waals surface area contributed by atoms with Crippen molar-refractivity contribution in [1.29, 1.82) is 0 Å². The van der Waals surface area contributed by atoms with E-state index in [-0.39, 0.29) is 5.91 Å². The lowest BCUT2D eigenvalue weighted by molar-refractivity contribution is 0.103. The van der Waals surface area contributed by atoms with E-state index in [9.17, 15) is 4.79 Å². The smallest absolute Gasteiger partial charge is 0.265 e. The molecule has 2 aromatic heterocycles. The zero-order valence-electron chi connectivity index (χ0n) is 12.8. The molecular weight excluding hydrogens is 306 g/mol. The maximum atomic E-state index is 12.0. The Hall–Kier alpha value is -2.66. The van der Waals surface area contributed by atoms with Gasteiger partial charge < -0.3 is 10.2 Å². The molecular formula is C18H17N3OS. The first-order valence-corrected chi connectivity index (χ1v) is 8.29. The van der Waals surface area contributed by atoms with E-state index in [2.05, 4.69) is 34.3 Å². The summed E-state index contributed by atoms with van der Waals surface area (Å²) in [7, 11) is 0. The van der Waals surface area contributed by atoms with Crippen molar-refractivity contribution >= 4 is 34.4 Å². The molecule has 116 valence electrons. The Morgan fingerprint density at radius 2 is 1.96 bits per heavy atom. The molecule has 0 unspecified atom stereocenters. The molecule has 0 aliphatic carbocycles. The predicted octanol–water partition coefficient (Wildman–Crippen LogP) is 4.55. The minimum atomic E-state index is -0.107. The number of nitrogens with one attached hydrogen (secondary N) is 1. The Balaban J connectivity index is 1.75. The number of hydrogen-bond donors (Lipinski definition) is 1. The second kappa shape index (κ2) is 7.07. The maximum Gasteiger partial charge on any atom is 0.265 e. The Morgan fingerprint density at radius 1 is 1.13 bits per heavy atom. The highest BCUT2D eigenvalue weighted by atomic mass is 32.1. The van der Waals surface area contributed by atoms with Gasteiger partial charge in [-0.25, -0.2) is 4.98 Å². The number of benzene rings is 1. The van der Waals surface area contributed by atoms with E-state index in [1.165, 1.54) is 11.3 Å². The van der Waals surface area contributed by atoms with Crippen molar-refractivity contribution in [3.05, 3.63) is 71.1 Å². The lowest BCUT2D eigenvalue weighted by atomic mass is 10.2. The van der Waals surface area contributed by atoms with Gasteiger partial charge in [0, 0.05) is 12.2 Å². The van der Waals surface area contributed by atoms with E-state index in [4.69, 9.17) is 0 Å². The highest BCUT2D eigenvalue weighted by Gasteiger charge is 2.10. The number of anilines is 3. The molecule has 3 aromatic rings. The van der Waals surface area contributed by atoms with Crippen LogP contribution in [0.4, 0.5) is 17.2 Å². The van der Waals surface area contributed by atoms with Crippen LogP contribution in [0.2, 0.25) is 0 Å². The summed E-state index contributed by atoms with van der Waals surface area (Å²) in [5.41, 5.74) is 1.79. The van der Waals surface area contributed by atoms with Gasteiger partial charge in [0.25, 0.3) is 5.91 Å². The summed E-state index contributed by atoms with van der Waals surface area (Å²) in [6.07, 6.45) is 1.69. The summed E-state index contributed by atoms with van der Waals surface area (Å²) in [6.45, 7) is 2.90. The van der Waals surface area contributed by atoms with E-state index in [0.717, 1.165) is 18.1 Å². The second-order valence-corrected chi connectivity index (χ2v) is 5.86. The third-order valence-electron chi connectivity index (χ3n) is 3.41. The number of hydrogen-bond acceptors (Lipinski definition) is 4. The zero-order chi connectivity index (χ0) is 16.1. The van der Waals surface area contributed by atoms with Crippen LogP contribution in [0.15, 0.2) is 66.2 Å². The third-order valence-corrected chi connectivity index (χ3v) is 4.28. The molecule has 0 spiro atoms. The topological polar surface area (TPSA) is 45.2 Å². The van der Waals surface area contributed by atoms with Gasteiger partial charge in [0.15, 0.2) is 0 Å². The van der Waals surface area contributed by atoms with Crippen LogP contribution in [-0.2, 0) is 0 Å². The molecule has 1 aromatic carbocycles. The van der Waals surface area contributed by atoms with Crippen LogP contribution >= 0.6 is 11.3 Å². The van der Waals surface area contributed by atoms with Crippen molar-refractivity contribution in [2.24, 2.45) is 0 Å². The van der Waals surface area contributed by atoms with Gasteiger partial charge in [-0.05, 0) is 42.6 Å². The molecule has 0 saturated heterocycles. The number of thiophene rings is 1. The SMILES string of the molecule is CCN(c1ccccc1)c1ccc(NC(=O)c2cccs2)cn1. The largest absolute Gasteiger partial charge is 0.327 e. The van der Waals surface area contributed by atoms with Crippen molar-refractivity contribution in [2.45, 2.75) is 6.92 Å². The summed E-state index contributed by atoms with van der Waals surface area (Å²) in [4.78, 5) is 19.3. The maximum absolute atomic E-state index is 12.0. The Labute approximate surface area is 139 Å². The molecule has 0 aliphatic rings. The zero-order valence-corrected chi connectivity index (χ0v) is 13.6. The molecule has 0 fully saturated rings. The number of para-hydroxylation sites is 1. The van der Waals surface area contributed by atoms with Gasteiger partial charge in [-0.2, -0.15) is 0 Å². The first-order valence-electron chi connectivity index (χ1n) is 7.41. The number of carbonyl (C=O) groups is 1. The Kier molecular flexibility index (Phi) is 4.68. The normalized spacial score (nSPS) is 10.3. The van der Waals surface area contributed by atoms with Crippen molar-refractivity contribution in [2.75, 3.05) is 16.8 Å². The lowest BCUT2D eigenvalue weighted by Gasteiger charge is -2.22. The molecule has 3 rings (SSSR count). The van der Waals surface area contributed by atoms with Crippen LogP contribution in [0.5, 0.6) is 0 Å². The fraction of sp³-hybridized carbons (Fsp3) is 0.111. The first-order chi connectivity index (χ1) is 11.3. The molecule has 0 atom stereocenters. The molecule has 2 heterocycles. The van der Waals surface area contributed by atoms with Gasteiger partial charge in [-0.1, -0.05) is 24.3 Å². The van der Waals surface area contributed by atoms with Crippen LogP contribution in [0.1, 0.15) is 16.6 Å². The number of carbonyl (C=O) groups excluding carboxylic acids is 1. The van der Waals surface area contributed by atoms with E-state index in [0.29, 0.717) is 10.6 Å². The second-order valence-electron chi connectivity index (χ2n) is 4.92. The fourth-order valence-electron chi connectivity index (χ4n) is 2.30. The standard InChI is InChI=1S/C18H17N3OS/c1-2-21(15-7-4-3-5-8-15)17-11-10-14(13-19-17)20-18(22)16-9-6-12-23-16/h3-13H,2H2,1H3,(H,20,22). The summed E-state index contributed by atoms with van der Waals surface area (Å²) in [5, 5.41) is 4.74. The summed E-state index contributed by atoms with van der Waals surface area (Å²) >= 11 is 1.42. The summed E-state index contributed by atoms with van der Waals surface area (Å²) < 4.78 is 0. The third kappa shape index (κ3) is 3.57. The molecule has 0 saturated carbocycles. The summed E-state index contributed by atoms with van der Waals surface area (Å²) in [5.74, 6) is 0.748. The predicted molar refractivity (Wildman–Crippen MR) is 95.6 cm³/mol. The van der Waals surface area contributed by atoms with Crippen molar-refractivity contribution in [1.82, 2.24) is 4.98 Å². The van der Waals surface area contributed by atoms with Crippen molar-refractivity contribution in [3.8, 4) is 0 Å². The molecule has 0 radical (unpaired) electrons. The van der Waals surface area contributed by atoms with Crippen LogP contribution < -0.4 is 10.2 Å². The van der Waals surface area contributed by atoms with Gasteiger partial charge in [0.2, 0.25) is 0 Å². The molecule has 1 N–H and O–H groups in total. The highest BCUT2D eigenvalue weighted by Crippen LogP contribution is 2.24. The van der Waals surface area contributed by atoms with Gasteiger partial charge in [-0.3, -0.25) is 4.79 Å². The van der Waals surface area contributed by atoms with Crippen LogP contribution in [0.25, 0.3) is 0 Å². The fourth-order valence-corrected chi connectivity index (χ4v) is 2.92. The van der Waals surface area contributed by atoms with Gasteiger partial charge in [0.05, 0.1) is 16.8 Å². The lowest BCUT2D eigenvalue weighted by Crippen LogP contribution is -2.17. The number of amides is 1. The molecule has 0 bridgehead atoms. The van der Waals surface area contributed by atoms with Gasteiger partial charge in [0.1, 0.15) is 5.82 Å². The molecule has 1 amide bonds. The Bertz CT molecular complexity index is 755. The summed E-state index contributed by atoms with van der Waals surface area (Å²) in [6, 6.07) is 17.6. The van der Waals surface area contributed by atoms with Crippen LogP contribution in [-0.4, -0.2) is 17.4 Å². The minimum absolute atomic E-state index is 0.107. The van der Waals surface area contributed by atoms with E-state index in [1.54, 1.807) is 12.3 Å². The average Bonchev–Trinajstić information content (AvgIpc) is 3.13. The first kappa shape index (κ1) is 15.2. The van der Waals surface area contributed by atoms with E-state index >= 15 is 0 Å². The van der Waals surface area contributed by atoms with Crippen LogP contribution in [0.3, 0.4) is 0 Å². The molecule has 5 heteroatoms. The van der Waals surface area contributed by atoms with Crippen molar-refractivity contribution in [3.63, 3.8) is 0 Å². The number of rotatable bonds is 5. The van der Waals surface area contributed by atoms with E-state index < -0.39 is 0 Å². The molecule has 4 nitrogen and oxygen atoms in total. The average molecular weight is 323 g/mol. The Morgan fingerprint density at radius 3 is 2.57 bits per heavy atom. The van der Waals surface area contributed by atoms with Gasteiger partial charge >= 0.3 is 0 Å². The number of pyridine rings is 1. The molecule has 23 heavy (non-hydrogen) atoms. The quantitative estimate of drug-likeness (QED) is 0.749. The molecule has 0 aliphatic heterocycles. The van der Waals surface area contributed by atoms with Crippen LogP contribution in [0, 0.1) is 0 Å². The number of nitrogens with zero attached hydrogens (tertiary/aromatic N) is 2. The van der Waals surface area contributed by atoms with E-state index in [1.807, 2.05) is 41.8 Å². The van der Waals surface area contributed by atoms with Gasteiger partial charge in [-0.15, -0.1) is 11.3 Å².